The third-order valence-electron chi connectivity index (χ3n) is 2.72. The summed E-state index contributed by atoms with van der Waals surface area (Å²) in [5.74, 6) is 0.716. The fourth-order valence-corrected chi connectivity index (χ4v) is 2.35. The maximum atomic E-state index is 8.98. The number of nitrogens with zero attached hydrogens (tertiary/aromatic N) is 3. The molecule has 1 saturated carbocycles. The lowest BCUT2D eigenvalue weighted by molar-refractivity contribution is 0.627. The Bertz CT molecular complexity index is 431. The Balaban J connectivity index is 2.14. The minimum absolute atomic E-state index is 0.0561. The maximum Gasteiger partial charge on any atom is 0.224 e. The van der Waals surface area contributed by atoms with Crippen LogP contribution >= 0.6 is 27.5 Å². The molecule has 0 aliphatic heterocycles. The van der Waals surface area contributed by atoms with E-state index in [2.05, 4.69) is 37.3 Å². The number of nitriles is 1. The quantitative estimate of drug-likeness (QED) is 0.853. The molecule has 0 aromatic carbocycles. The van der Waals surface area contributed by atoms with Gasteiger partial charge in [-0.2, -0.15) is 10.2 Å². The van der Waals surface area contributed by atoms with Crippen LogP contribution in [-0.2, 0) is 0 Å². The first-order chi connectivity index (χ1) is 7.70. The second-order valence-corrected chi connectivity index (χ2v) is 4.95. The monoisotopic (exact) mass is 300 g/mol. The van der Waals surface area contributed by atoms with Crippen LogP contribution in [0, 0.1) is 17.2 Å². The van der Waals surface area contributed by atoms with E-state index in [4.69, 9.17) is 16.9 Å². The zero-order valence-electron chi connectivity index (χ0n) is 8.45. The molecule has 84 valence electrons. The van der Waals surface area contributed by atoms with Gasteiger partial charge in [0.25, 0.3) is 0 Å². The van der Waals surface area contributed by atoms with Gasteiger partial charge in [-0.05, 0) is 46.8 Å². The SMILES string of the molecule is N#C[C@H]1CCC[C@H]1Nc1nc(Cl)ncc1Br. The minimum atomic E-state index is 0.0561. The Hall–Kier alpha value is -0.860. The molecule has 16 heavy (non-hydrogen) atoms. The molecule has 0 saturated heterocycles. The summed E-state index contributed by atoms with van der Waals surface area (Å²) in [5.41, 5.74) is 0. The maximum absolute atomic E-state index is 8.98. The molecule has 1 aliphatic rings. The van der Waals surface area contributed by atoms with E-state index < -0.39 is 0 Å². The number of halogens is 2. The lowest BCUT2D eigenvalue weighted by atomic mass is 10.1. The highest BCUT2D eigenvalue weighted by Gasteiger charge is 2.27. The Morgan fingerprint density at radius 2 is 2.38 bits per heavy atom. The molecule has 0 unspecified atom stereocenters. The van der Waals surface area contributed by atoms with Gasteiger partial charge < -0.3 is 5.32 Å². The van der Waals surface area contributed by atoms with E-state index in [1.165, 1.54) is 0 Å². The summed E-state index contributed by atoms with van der Waals surface area (Å²) in [6, 6.07) is 2.47. The van der Waals surface area contributed by atoms with Crippen molar-refractivity contribution < 1.29 is 0 Å². The lowest BCUT2D eigenvalue weighted by Gasteiger charge is -2.16. The van der Waals surface area contributed by atoms with Crippen molar-refractivity contribution >= 4 is 33.3 Å². The molecule has 2 rings (SSSR count). The molecule has 2 atom stereocenters. The van der Waals surface area contributed by atoms with Gasteiger partial charge in [0.15, 0.2) is 0 Å². The molecule has 0 bridgehead atoms. The van der Waals surface area contributed by atoms with Gasteiger partial charge in [-0.1, -0.05) is 0 Å². The van der Waals surface area contributed by atoms with E-state index in [9.17, 15) is 0 Å². The molecule has 1 heterocycles. The molecule has 1 aromatic rings. The van der Waals surface area contributed by atoms with Gasteiger partial charge in [0, 0.05) is 12.2 Å². The van der Waals surface area contributed by atoms with Crippen molar-refractivity contribution in [3.8, 4) is 6.07 Å². The predicted octanol–water partition coefficient (Wildman–Crippen LogP) is 3.00. The van der Waals surface area contributed by atoms with Gasteiger partial charge >= 0.3 is 0 Å². The van der Waals surface area contributed by atoms with Crippen LogP contribution in [0.2, 0.25) is 5.28 Å². The molecule has 1 N–H and O–H groups in total. The molecule has 6 heteroatoms. The van der Waals surface area contributed by atoms with Gasteiger partial charge in [0.05, 0.1) is 16.5 Å². The van der Waals surface area contributed by atoms with E-state index in [0.717, 1.165) is 23.7 Å². The van der Waals surface area contributed by atoms with E-state index in [1.54, 1.807) is 6.20 Å². The summed E-state index contributed by atoms with van der Waals surface area (Å²) in [6.07, 6.45) is 4.62. The van der Waals surface area contributed by atoms with Gasteiger partial charge in [-0.15, -0.1) is 0 Å². The first-order valence-electron chi connectivity index (χ1n) is 5.05. The highest BCUT2D eigenvalue weighted by Crippen LogP contribution is 2.30. The largest absolute Gasteiger partial charge is 0.365 e. The van der Waals surface area contributed by atoms with Gasteiger partial charge in [0.1, 0.15) is 5.82 Å². The van der Waals surface area contributed by atoms with Crippen molar-refractivity contribution in [3.05, 3.63) is 16.0 Å². The summed E-state index contributed by atoms with van der Waals surface area (Å²) in [6.45, 7) is 0. The average Bonchev–Trinajstić information content (AvgIpc) is 2.71. The van der Waals surface area contributed by atoms with Crippen LogP contribution in [0.4, 0.5) is 5.82 Å². The number of aromatic nitrogens is 2. The second-order valence-electron chi connectivity index (χ2n) is 3.75. The summed E-state index contributed by atoms with van der Waals surface area (Å²) in [4.78, 5) is 7.95. The third kappa shape index (κ3) is 2.45. The summed E-state index contributed by atoms with van der Waals surface area (Å²) in [7, 11) is 0. The molecule has 1 fully saturated rings. The van der Waals surface area contributed by atoms with Gasteiger partial charge in [0.2, 0.25) is 5.28 Å². The fourth-order valence-electron chi connectivity index (χ4n) is 1.91. The smallest absolute Gasteiger partial charge is 0.224 e. The van der Waals surface area contributed by atoms with Crippen molar-refractivity contribution in [3.63, 3.8) is 0 Å². The van der Waals surface area contributed by atoms with Crippen LogP contribution in [0.25, 0.3) is 0 Å². The zero-order chi connectivity index (χ0) is 11.5. The van der Waals surface area contributed by atoms with Crippen molar-refractivity contribution in [1.29, 1.82) is 5.26 Å². The molecule has 0 radical (unpaired) electrons. The normalized spacial score (nSPS) is 24.1. The Morgan fingerprint density at radius 3 is 3.12 bits per heavy atom. The van der Waals surface area contributed by atoms with Crippen molar-refractivity contribution in [1.82, 2.24) is 9.97 Å². The number of hydrogen-bond acceptors (Lipinski definition) is 4. The summed E-state index contributed by atoms with van der Waals surface area (Å²) in [5, 5.41) is 12.4. The second kappa shape index (κ2) is 4.98. The Labute approximate surface area is 107 Å². The molecule has 1 aromatic heterocycles. The average molecular weight is 302 g/mol. The number of anilines is 1. The minimum Gasteiger partial charge on any atom is -0.365 e. The number of rotatable bonds is 2. The van der Waals surface area contributed by atoms with Crippen molar-refractivity contribution in [2.24, 2.45) is 5.92 Å². The van der Waals surface area contributed by atoms with Gasteiger partial charge in [-0.3, -0.25) is 0 Å². The van der Waals surface area contributed by atoms with Crippen molar-refractivity contribution in [2.45, 2.75) is 25.3 Å². The topological polar surface area (TPSA) is 61.6 Å². The summed E-state index contributed by atoms with van der Waals surface area (Å²) < 4.78 is 0.764. The zero-order valence-corrected chi connectivity index (χ0v) is 10.8. The molecular formula is C10H10BrClN4. The predicted molar refractivity (Wildman–Crippen MR) is 65.1 cm³/mol. The molecular weight excluding hydrogens is 291 g/mol. The van der Waals surface area contributed by atoms with E-state index in [1.807, 2.05) is 0 Å². The molecule has 0 amide bonds. The van der Waals surface area contributed by atoms with Crippen LogP contribution < -0.4 is 5.32 Å². The van der Waals surface area contributed by atoms with Crippen molar-refractivity contribution in [2.75, 3.05) is 5.32 Å². The number of nitrogens with one attached hydrogen (secondary N) is 1. The van der Waals surface area contributed by atoms with E-state index >= 15 is 0 Å². The molecule has 0 spiro atoms. The van der Waals surface area contributed by atoms with Gasteiger partial charge in [-0.25, -0.2) is 4.98 Å². The van der Waals surface area contributed by atoms with Crippen LogP contribution in [0.1, 0.15) is 19.3 Å². The third-order valence-corrected chi connectivity index (χ3v) is 3.48. The highest BCUT2D eigenvalue weighted by molar-refractivity contribution is 9.10. The first-order valence-corrected chi connectivity index (χ1v) is 6.22. The first kappa shape index (κ1) is 11.6. The van der Waals surface area contributed by atoms with E-state index in [0.29, 0.717) is 5.82 Å². The number of hydrogen-bond donors (Lipinski definition) is 1. The molecule has 4 nitrogen and oxygen atoms in total. The fraction of sp³-hybridized carbons (Fsp3) is 0.500. The van der Waals surface area contributed by atoms with Crippen LogP contribution in [0.5, 0.6) is 0 Å². The summed E-state index contributed by atoms with van der Waals surface area (Å²) >= 11 is 9.07. The lowest BCUT2D eigenvalue weighted by Crippen LogP contribution is -2.23. The standard InChI is InChI=1S/C10H10BrClN4/c11-7-5-14-10(12)16-9(7)15-8-3-1-2-6(8)4-13/h5-6,8H,1-3H2,(H,14,15,16)/t6-,8-/m1/s1. The van der Waals surface area contributed by atoms with Crippen LogP contribution in [-0.4, -0.2) is 16.0 Å². The van der Waals surface area contributed by atoms with Crippen LogP contribution in [0.15, 0.2) is 10.7 Å². The van der Waals surface area contributed by atoms with E-state index in [-0.39, 0.29) is 17.2 Å². The highest BCUT2D eigenvalue weighted by atomic mass is 79.9. The molecule has 1 aliphatic carbocycles. The van der Waals surface area contributed by atoms with Crippen LogP contribution in [0.3, 0.4) is 0 Å². The Kier molecular flexibility index (Phi) is 3.62. The Morgan fingerprint density at radius 1 is 1.56 bits per heavy atom.